The Morgan fingerprint density at radius 2 is 2.38 bits per heavy atom. The van der Waals surface area contributed by atoms with Crippen LogP contribution in [0.5, 0.6) is 0 Å². The quantitative estimate of drug-likeness (QED) is 0.876. The van der Waals surface area contributed by atoms with Crippen molar-refractivity contribution in [2.24, 2.45) is 0 Å². The Morgan fingerprint density at radius 1 is 1.54 bits per heavy atom. The Morgan fingerprint density at radius 3 is 3.15 bits per heavy atom. The molecule has 13 heavy (non-hydrogen) atoms. The van der Waals surface area contributed by atoms with Crippen molar-refractivity contribution in [3.8, 4) is 0 Å². The second-order valence-corrected chi connectivity index (χ2v) is 3.67. The van der Waals surface area contributed by atoms with Crippen molar-refractivity contribution < 1.29 is 4.42 Å². The maximum Gasteiger partial charge on any atom is 0.209 e. The molecule has 0 unspecified atom stereocenters. The monoisotopic (exact) mass is 240 g/mol. The van der Waals surface area contributed by atoms with E-state index in [-0.39, 0.29) is 0 Å². The highest BCUT2D eigenvalue weighted by Gasteiger charge is 2.04. The lowest BCUT2D eigenvalue weighted by molar-refractivity contribution is 0.511. The molecule has 0 spiro atoms. The summed E-state index contributed by atoms with van der Waals surface area (Å²) < 4.78 is 6.49. The molecule has 2 aromatic rings. The Bertz CT molecular complexity index is 424. The topological polar surface area (TPSA) is 38.1 Å². The minimum absolute atomic E-state index is 0.659. The highest BCUT2D eigenvalue weighted by molar-refractivity contribution is 9.10. The summed E-state index contributed by atoms with van der Waals surface area (Å²) in [6.45, 7) is 0.659. The van der Waals surface area contributed by atoms with Gasteiger partial charge in [-0.2, -0.15) is 0 Å². The van der Waals surface area contributed by atoms with Gasteiger partial charge in [-0.15, -0.1) is 0 Å². The van der Waals surface area contributed by atoms with Gasteiger partial charge in [-0.3, -0.25) is 0 Å². The van der Waals surface area contributed by atoms with Crippen molar-refractivity contribution in [3.05, 3.63) is 28.6 Å². The van der Waals surface area contributed by atoms with Gasteiger partial charge in [0, 0.05) is 4.47 Å². The first kappa shape index (κ1) is 8.72. The molecular weight excluding hydrogens is 232 g/mol. The van der Waals surface area contributed by atoms with E-state index in [0.29, 0.717) is 6.54 Å². The molecule has 1 N–H and O–H groups in total. The molecule has 68 valence electrons. The number of benzene rings is 1. The fourth-order valence-electron chi connectivity index (χ4n) is 1.17. The predicted molar refractivity (Wildman–Crippen MR) is 54.5 cm³/mol. The molecule has 1 aromatic carbocycles. The van der Waals surface area contributed by atoms with Gasteiger partial charge >= 0.3 is 0 Å². The molecule has 0 atom stereocenters. The smallest absolute Gasteiger partial charge is 0.209 e. The number of nitrogens with one attached hydrogen (secondary N) is 1. The van der Waals surface area contributed by atoms with Crippen LogP contribution in [0.25, 0.3) is 11.1 Å². The Labute approximate surface area is 84.3 Å². The summed E-state index contributed by atoms with van der Waals surface area (Å²) in [6, 6.07) is 5.80. The first-order chi connectivity index (χ1) is 6.29. The molecule has 0 fully saturated rings. The molecule has 1 aromatic heterocycles. The van der Waals surface area contributed by atoms with Gasteiger partial charge in [0.05, 0.1) is 6.54 Å². The number of hydrogen-bond donors (Lipinski definition) is 1. The minimum atomic E-state index is 0.659. The van der Waals surface area contributed by atoms with Gasteiger partial charge in [0.15, 0.2) is 5.58 Å². The van der Waals surface area contributed by atoms with Crippen LogP contribution in [0.15, 0.2) is 27.1 Å². The van der Waals surface area contributed by atoms with Gasteiger partial charge < -0.3 is 9.73 Å². The number of rotatable bonds is 2. The van der Waals surface area contributed by atoms with Crippen LogP contribution >= 0.6 is 15.9 Å². The number of nitrogens with zero attached hydrogens (tertiary/aromatic N) is 1. The molecule has 2 rings (SSSR count). The largest absolute Gasteiger partial charge is 0.439 e. The number of aromatic nitrogens is 1. The maximum atomic E-state index is 5.49. The van der Waals surface area contributed by atoms with Crippen LogP contribution in [0.3, 0.4) is 0 Å². The minimum Gasteiger partial charge on any atom is -0.439 e. The zero-order valence-corrected chi connectivity index (χ0v) is 8.76. The predicted octanol–water partition coefficient (Wildman–Crippen LogP) is 2.31. The van der Waals surface area contributed by atoms with E-state index in [4.69, 9.17) is 4.42 Å². The average Bonchev–Trinajstić information content (AvgIpc) is 2.46. The van der Waals surface area contributed by atoms with E-state index in [9.17, 15) is 0 Å². The summed E-state index contributed by atoms with van der Waals surface area (Å²) in [4.78, 5) is 4.29. The van der Waals surface area contributed by atoms with Gasteiger partial charge in [0.1, 0.15) is 5.52 Å². The third-order valence-corrected chi connectivity index (χ3v) is 2.22. The van der Waals surface area contributed by atoms with Crippen molar-refractivity contribution in [1.82, 2.24) is 10.3 Å². The van der Waals surface area contributed by atoms with E-state index in [2.05, 4.69) is 26.2 Å². The average molecular weight is 241 g/mol. The summed E-state index contributed by atoms with van der Waals surface area (Å²) in [6.07, 6.45) is 0. The summed E-state index contributed by atoms with van der Waals surface area (Å²) in [5.41, 5.74) is 1.72. The lowest BCUT2D eigenvalue weighted by Crippen LogP contribution is -2.04. The summed E-state index contributed by atoms with van der Waals surface area (Å²) >= 11 is 3.38. The normalized spacial score (nSPS) is 10.9. The van der Waals surface area contributed by atoms with E-state index >= 15 is 0 Å². The summed E-state index contributed by atoms with van der Waals surface area (Å²) in [7, 11) is 1.87. The molecule has 0 aliphatic carbocycles. The molecule has 0 aliphatic rings. The van der Waals surface area contributed by atoms with E-state index < -0.39 is 0 Å². The zero-order chi connectivity index (χ0) is 9.26. The Balaban J connectivity index is 2.49. The summed E-state index contributed by atoms with van der Waals surface area (Å²) in [5, 5.41) is 2.99. The van der Waals surface area contributed by atoms with Gasteiger partial charge in [-0.1, -0.05) is 15.9 Å². The van der Waals surface area contributed by atoms with Crippen LogP contribution in [0.2, 0.25) is 0 Å². The first-order valence-corrected chi connectivity index (χ1v) is 4.78. The van der Waals surface area contributed by atoms with Crippen LogP contribution in [-0.2, 0) is 6.54 Å². The van der Waals surface area contributed by atoms with Crippen molar-refractivity contribution >= 4 is 27.0 Å². The van der Waals surface area contributed by atoms with Gasteiger partial charge in [-0.25, -0.2) is 4.98 Å². The molecule has 0 amide bonds. The van der Waals surface area contributed by atoms with Gasteiger partial charge in [0.25, 0.3) is 0 Å². The second-order valence-electron chi connectivity index (χ2n) is 2.75. The number of hydrogen-bond acceptors (Lipinski definition) is 3. The molecule has 3 nitrogen and oxygen atoms in total. The molecule has 0 saturated heterocycles. The third-order valence-electron chi connectivity index (χ3n) is 1.72. The molecule has 0 bridgehead atoms. The molecule has 0 aliphatic heterocycles. The van der Waals surface area contributed by atoms with Crippen molar-refractivity contribution in [3.63, 3.8) is 0 Å². The molecule has 0 radical (unpaired) electrons. The highest BCUT2D eigenvalue weighted by atomic mass is 79.9. The van der Waals surface area contributed by atoms with Crippen LogP contribution in [0.1, 0.15) is 5.89 Å². The van der Waals surface area contributed by atoms with E-state index in [1.54, 1.807) is 0 Å². The van der Waals surface area contributed by atoms with Crippen LogP contribution in [0.4, 0.5) is 0 Å². The molecule has 0 saturated carbocycles. The number of halogens is 1. The van der Waals surface area contributed by atoms with Crippen LogP contribution in [0, 0.1) is 0 Å². The standard InChI is InChI=1S/C9H9BrN2O/c1-11-5-9-12-7-3-2-6(10)4-8(7)13-9/h2-4,11H,5H2,1H3. The number of fused-ring (bicyclic) bond motifs is 1. The second kappa shape index (κ2) is 3.47. The lowest BCUT2D eigenvalue weighted by Gasteiger charge is -1.88. The van der Waals surface area contributed by atoms with Crippen LogP contribution < -0.4 is 5.32 Å². The highest BCUT2D eigenvalue weighted by Crippen LogP contribution is 2.20. The van der Waals surface area contributed by atoms with Crippen molar-refractivity contribution in [2.75, 3.05) is 7.05 Å². The fraction of sp³-hybridized carbons (Fsp3) is 0.222. The first-order valence-electron chi connectivity index (χ1n) is 3.99. The van der Waals surface area contributed by atoms with Crippen LogP contribution in [-0.4, -0.2) is 12.0 Å². The summed E-state index contributed by atoms with van der Waals surface area (Å²) in [5.74, 6) is 0.718. The van der Waals surface area contributed by atoms with Crippen molar-refractivity contribution in [1.29, 1.82) is 0 Å². The maximum absolute atomic E-state index is 5.49. The molecule has 4 heteroatoms. The number of oxazole rings is 1. The molecular formula is C9H9BrN2O. The third kappa shape index (κ3) is 1.73. The Kier molecular flexibility index (Phi) is 2.33. The van der Waals surface area contributed by atoms with Crippen molar-refractivity contribution in [2.45, 2.75) is 6.54 Å². The van der Waals surface area contributed by atoms with Gasteiger partial charge in [-0.05, 0) is 25.2 Å². The fourth-order valence-corrected chi connectivity index (χ4v) is 1.51. The molecule has 1 heterocycles. The van der Waals surface area contributed by atoms with E-state index in [1.807, 2.05) is 25.2 Å². The zero-order valence-electron chi connectivity index (χ0n) is 7.17. The van der Waals surface area contributed by atoms with E-state index in [0.717, 1.165) is 21.5 Å². The van der Waals surface area contributed by atoms with Gasteiger partial charge in [0.2, 0.25) is 5.89 Å². The van der Waals surface area contributed by atoms with E-state index in [1.165, 1.54) is 0 Å². The SMILES string of the molecule is CNCc1nc2ccc(Br)cc2o1. The lowest BCUT2D eigenvalue weighted by atomic mass is 10.3. The Hall–Kier alpha value is -0.870.